The first kappa shape index (κ1) is 24.6. The molecule has 0 bridgehead atoms. The molecule has 0 unspecified atom stereocenters. The van der Waals surface area contributed by atoms with Gasteiger partial charge in [-0.05, 0) is 0 Å². The van der Waals surface area contributed by atoms with Crippen molar-refractivity contribution in [1.82, 2.24) is 0 Å². The Morgan fingerprint density at radius 1 is 0.897 bits per heavy atom. The van der Waals surface area contributed by atoms with Crippen LogP contribution in [0.15, 0.2) is 69.9 Å². The molecule has 3 aromatic rings. The Balaban J connectivity index is 1.69. The second-order valence-electron chi connectivity index (χ2n) is 9.35. The third-order valence-corrected chi connectivity index (χ3v) is 20.7. The van der Waals surface area contributed by atoms with Crippen molar-refractivity contribution in [2.24, 2.45) is 0 Å². The molecule has 6 nitrogen and oxygen atoms in total. The Morgan fingerprint density at radius 2 is 1.69 bits per heavy atom. The summed E-state index contributed by atoms with van der Waals surface area (Å²) >= 11 is -1.81. The van der Waals surface area contributed by atoms with Crippen LogP contribution >= 0.6 is 20.0 Å². The molecule has 7 rings (SSSR count). The van der Waals surface area contributed by atoms with E-state index in [2.05, 4.69) is 18.2 Å². The average Bonchev–Trinajstić information content (AvgIpc) is 3.46. The fourth-order valence-corrected chi connectivity index (χ4v) is 20.3. The average molecular weight is 615 g/mol. The zero-order valence-electron chi connectivity index (χ0n) is 20.3. The van der Waals surface area contributed by atoms with E-state index in [9.17, 15) is 24.6 Å². The summed E-state index contributed by atoms with van der Waals surface area (Å²) in [6, 6.07) is 15.6. The first-order valence-corrected chi connectivity index (χ1v) is 19.7. The van der Waals surface area contributed by atoms with Gasteiger partial charge in [0.05, 0.1) is 0 Å². The van der Waals surface area contributed by atoms with E-state index in [0.29, 0.717) is 28.0 Å². The number of carboxylic acid groups (broad SMARTS) is 2. The second kappa shape index (κ2) is 9.33. The maximum atomic E-state index is 13.3. The number of benzene rings is 4. The van der Waals surface area contributed by atoms with Crippen LogP contribution in [0.5, 0.6) is 0 Å². The molecule has 2 heterocycles. The van der Waals surface area contributed by atoms with Gasteiger partial charge in [-0.2, -0.15) is 0 Å². The van der Waals surface area contributed by atoms with Crippen molar-refractivity contribution >= 4 is 76.5 Å². The molecule has 0 amide bonds. The SMILES string of the molecule is O=C(O)c1ccc(-c2c3ccc(=O)c([As]4SCCS4)c-3oc3c2cc2c4c(cccc43)CC=C2)c(C(=O)O)c1. The Hall–Kier alpha value is -3.45. The molecule has 192 valence electrons. The Morgan fingerprint density at radius 3 is 2.46 bits per heavy atom. The minimum atomic E-state index is -1.81. The van der Waals surface area contributed by atoms with Crippen LogP contribution in [-0.2, 0) is 6.42 Å². The fourth-order valence-electron chi connectivity index (χ4n) is 5.52. The van der Waals surface area contributed by atoms with Crippen molar-refractivity contribution in [2.45, 2.75) is 6.42 Å². The summed E-state index contributed by atoms with van der Waals surface area (Å²) in [6.07, 6.45) is 4.97. The molecule has 0 radical (unpaired) electrons. The van der Waals surface area contributed by atoms with Gasteiger partial charge in [0.1, 0.15) is 0 Å². The minimum absolute atomic E-state index is 0.0520. The Kier molecular flexibility index (Phi) is 5.88. The van der Waals surface area contributed by atoms with Gasteiger partial charge in [0.2, 0.25) is 0 Å². The summed E-state index contributed by atoms with van der Waals surface area (Å²) in [6.45, 7) is 0. The van der Waals surface area contributed by atoms with Gasteiger partial charge in [-0.1, -0.05) is 0 Å². The van der Waals surface area contributed by atoms with Gasteiger partial charge in [-0.25, -0.2) is 0 Å². The molecule has 1 saturated heterocycles. The molecule has 0 spiro atoms. The van der Waals surface area contributed by atoms with Crippen molar-refractivity contribution < 1.29 is 24.2 Å². The van der Waals surface area contributed by atoms with Crippen molar-refractivity contribution in [2.75, 3.05) is 11.5 Å². The first-order valence-electron chi connectivity index (χ1n) is 12.2. The van der Waals surface area contributed by atoms with Gasteiger partial charge >= 0.3 is 234 Å². The van der Waals surface area contributed by atoms with Gasteiger partial charge < -0.3 is 0 Å². The summed E-state index contributed by atoms with van der Waals surface area (Å²) in [7, 11) is 3.69. The third kappa shape index (κ3) is 3.85. The summed E-state index contributed by atoms with van der Waals surface area (Å²) in [5, 5.41) is 22.5. The molecular formula is C30H19AsO6S2. The van der Waals surface area contributed by atoms with E-state index >= 15 is 0 Å². The molecule has 0 aromatic heterocycles. The van der Waals surface area contributed by atoms with Crippen molar-refractivity contribution in [3.05, 3.63) is 93.2 Å². The van der Waals surface area contributed by atoms with E-state index in [1.165, 1.54) is 17.7 Å². The van der Waals surface area contributed by atoms with Crippen LogP contribution in [-0.4, -0.2) is 46.0 Å². The number of hydrogen-bond donors (Lipinski definition) is 2. The zero-order chi connectivity index (χ0) is 26.8. The molecule has 2 aliphatic heterocycles. The predicted molar refractivity (Wildman–Crippen MR) is 159 cm³/mol. The van der Waals surface area contributed by atoms with E-state index in [1.54, 1.807) is 18.2 Å². The molecule has 0 saturated carbocycles. The summed E-state index contributed by atoms with van der Waals surface area (Å²) in [5.74, 6) is 0.0650. The number of aromatic carboxylic acids is 2. The van der Waals surface area contributed by atoms with Crippen LogP contribution in [0, 0.1) is 0 Å². The molecule has 9 heteroatoms. The van der Waals surface area contributed by atoms with Crippen LogP contribution in [0.2, 0.25) is 0 Å². The maximum absolute atomic E-state index is 13.3. The van der Waals surface area contributed by atoms with Crippen LogP contribution < -0.4 is 9.78 Å². The third-order valence-electron chi connectivity index (χ3n) is 7.15. The molecule has 4 aliphatic rings. The number of allylic oxidation sites excluding steroid dienone is 1. The van der Waals surface area contributed by atoms with Crippen molar-refractivity contribution in [1.29, 1.82) is 0 Å². The van der Waals surface area contributed by atoms with Gasteiger partial charge in [-0.3, -0.25) is 0 Å². The monoisotopic (exact) mass is 614 g/mol. The van der Waals surface area contributed by atoms with Gasteiger partial charge in [-0.15, -0.1) is 0 Å². The molecule has 0 atom stereocenters. The summed E-state index contributed by atoms with van der Waals surface area (Å²) in [5.41, 5.74) is 4.19. The van der Waals surface area contributed by atoms with Crippen molar-refractivity contribution in [3.63, 3.8) is 0 Å². The van der Waals surface area contributed by atoms with E-state index in [-0.39, 0.29) is 16.6 Å². The number of fused-ring (bicyclic) bond motifs is 3. The molecular weight excluding hydrogens is 595 g/mol. The molecule has 2 aliphatic carbocycles. The molecule has 3 aromatic carbocycles. The second-order valence-corrected chi connectivity index (χ2v) is 20.9. The fraction of sp³-hybridized carbons (Fsp3) is 0.100. The van der Waals surface area contributed by atoms with Crippen LogP contribution in [0.4, 0.5) is 0 Å². The van der Waals surface area contributed by atoms with Crippen molar-refractivity contribution in [3.8, 4) is 22.5 Å². The molecule has 1 fully saturated rings. The topological polar surface area (TPSA) is 105 Å². The van der Waals surface area contributed by atoms with E-state index in [0.717, 1.165) is 44.0 Å². The Bertz CT molecular complexity index is 1940. The predicted octanol–water partition coefficient (Wildman–Crippen LogP) is 5.86. The quantitative estimate of drug-likeness (QED) is 0.148. The molecule has 39 heavy (non-hydrogen) atoms. The number of carboxylic acids is 2. The Labute approximate surface area is 233 Å². The van der Waals surface area contributed by atoms with Crippen LogP contribution in [0.25, 0.3) is 50.3 Å². The van der Waals surface area contributed by atoms with Gasteiger partial charge in [0.25, 0.3) is 0 Å². The number of hydrogen-bond acceptors (Lipinski definition) is 6. The van der Waals surface area contributed by atoms with Gasteiger partial charge in [0, 0.05) is 0 Å². The first-order chi connectivity index (χ1) is 18.9. The van der Waals surface area contributed by atoms with Crippen LogP contribution in [0.1, 0.15) is 31.8 Å². The van der Waals surface area contributed by atoms with E-state index in [1.807, 2.05) is 38.2 Å². The molecule has 2 N–H and O–H groups in total. The zero-order valence-corrected chi connectivity index (χ0v) is 23.8. The summed E-state index contributed by atoms with van der Waals surface area (Å²) in [4.78, 5) is 37.5. The summed E-state index contributed by atoms with van der Waals surface area (Å²) < 4.78 is 7.45. The normalized spacial score (nSPS) is 15.0. The standard InChI is InChI=1S/C30H19AsO6S2/c32-23-10-9-20-25(18-8-7-17(29(33)34)14-21(18)30(35)36)22-13-16-5-1-3-15-4-2-6-19(24(15)16)27(22)37-28(20)26(23)31-38-11-12-39-31/h1-2,4-10,13-14H,3,11-12H2,(H,33,34)(H,35,36). The van der Waals surface area contributed by atoms with E-state index in [4.69, 9.17) is 4.42 Å². The van der Waals surface area contributed by atoms with E-state index < -0.39 is 24.3 Å². The number of rotatable bonds is 4. The number of carbonyl (C=O) groups is 2. The van der Waals surface area contributed by atoms with Crippen LogP contribution in [0.3, 0.4) is 0 Å². The van der Waals surface area contributed by atoms with Gasteiger partial charge in [0.15, 0.2) is 0 Å².